The maximum Gasteiger partial charge on any atom is 0.320 e. The van der Waals surface area contributed by atoms with Crippen LogP contribution < -0.4 is 16.4 Å². The third-order valence-electron chi connectivity index (χ3n) is 2.41. The van der Waals surface area contributed by atoms with Crippen molar-refractivity contribution < 1.29 is 14.7 Å². The summed E-state index contributed by atoms with van der Waals surface area (Å²) >= 11 is 0. The number of nitrogens with two attached hydrogens (primary N) is 1. The summed E-state index contributed by atoms with van der Waals surface area (Å²) in [5, 5.41) is 14.2. The Hall–Kier alpha value is -1.56. The Morgan fingerprint density at radius 2 is 2.44 bits per heavy atom. The summed E-state index contributed by atoms with van der Waals surface area (Å²) in [5.74, 6) is -0.420. The molecule has 0 radical (unpaired) electrons. The van der Waals surface area contributed by atoms with Crippen molar-refractivity contribution in [1.82, 2.24) is 10.6 Å². The summed E-state index contributed by atoms with van der Waals surface area (Å²) in [4.78, 5) is 21.5. The monoisotopic (exact) mass is 227 g/mol. The Morgan fingerprint density at radius 1 is 1.75 bits per heavy atom. The van der Waals surface area contributed by atoms with Crippen LogP contribution in [0.25, 0.3) is 0 Å². The molecule has 90 valence electrons. The minimum absolute atomic E-state index is 0.0234. The van der Waals surface area contributed by atoms with Gasteiger partial charge in [-0.15, -0.1) is 0 Å². The van der Waals surface area contributed by atoms with Gasteiger partial charge in [-0.1, -0.05) is 0 Å². The molecule has 1 rings (SSSR count). The highest BCUT2D eigenvalue weighted by Gasteiger charge is 2.19. The molecule has 1 heterocycles. The molecule has 0 fully saturated rings. The predicted octanol–water partition coefficient (Wildman–Crippen LogP) is -0.625. The van der Waals surface area contributed by atoms with Gasteiger partial charge in [-0.3, -0.25) is 9.59 Å². The van der Waals surface area contributed by atoms with Crippen LogP contribution in [0.3, 0.4) is 0 Å². The highest BCUT2D eigenvalue weighted by Crippen LogP contribution is 2.07. The lowest BCUT2D eigenvalue weighted by atomic mass is 10.2. The third kappa shape index (κ3) is 3.54. The summed E-state index contributed by atoms with van der Waals surface area (Å²) in [6.45, 7) is 2.41. The van der Waals surface area contributed by atoms with E-state index >= 15 is 0 Å². The van der Waals surface area contributed by atoms with Gasteiger partial charge in [0.2, 0.25) is 5.91 Å². The van der Waals surface area contributed by atoms with Crippen molar-refractivity contribution in [3.05, 3.63) is 11.9 Å². The highest BCUT2D eigenvalue weighted by atomic mass is 16.4. The third-order valence-corrected chi connectivity index (χ3v) is 2.41. The zero-order chi connectivity index (χ0) is 12.1. The van der Waals surface area contributed by atoms with Crippen LogP contribution in [0.4, 0.5) is 0 Å². The molecule has 0 aliphatic carbocycles. The van der Waals surface area contributed by atoms with Crippen molar-refractivity contribution in [1.29, 1.82) is 0 Å². The maximum atomic E-state index is 11.1. The van der Waals surface area contributed by atoms with Gasteiger partial charge in [0.05, 0.1) is 5.92 Å². The van der Waals surface area contributed by atoms with Gasteiger partial charge in [-0.05, 0) is 25.8 Å². The number of carboxylic acids is 1. The van der Waals surface area contributed by atoms with E-state index in [9.17, 15) is 9.59 Å². The maximum absolute atomic E-state index is 11.1. The molecule has 2 atom stereocenters. The van der Waals surface area contributed by atoms with Crippen LogP contribution in [0.15, 0.2) is 11.9 Å². The van der Waals surface area contributed by atoms with Crippen LogP contribution in [0, 0.1) is 5.92 Å². The Bertz CT molecular complexity index is 314. The van der Waals surface area contributed by atoms with Gasteiger partial charge in [0.25, 0.3) is 0 Å². The fourth-order valence-corrected chi connectivity index (χ4v) is 1.39. The number of nitrogens with one attached hydrogen (secondary N) is 2. The van der Waals surface area contributed by atoms with Crippen LogP contribution in [-0.4, -0.2) is 29.6 Å². The number of hydrogen-bond acceptors (Lipinski definition) is 4. The quantitative estimate of drug-likeness (QED) is 0.452. The van der Waals surface area contributed by atoms with Crippen molar-refractivity contribution in [2.24, 2.45) is 11.7 Å². The van der Waals surface area contributed by atoms with Crippen LogP contribution in [0.1, 0.15) is 19.8 Å². The summed E-state index contributed by atoms with van der Waals surface area (Å²) in [6, 6.07) is -0.812. The van der Waals surface area contributed by atoms with Crippen molar-refractivity contribution in [3.63, 3.8) is 0 Å². The largest absolute Gasteiger partial charge is 0.480 e. The Morgan fingerprint density at radius 3 is 2.94 bits per heavy atom. The van der Waals surface area contributed by atoms with Gasteiger partial charge in [0.15, 0.2) is 0 Å². The van der Waals surface area contributed by atoms with Crippen molar-refractivity contribution in [2.75, 3.05) is 6.54 Å². The first-order valence-corrected chi connectivity index (χ1v) is 5.25. The standard InChI is InChI=1S/C10H17N3O3/c1-6-5-8(13-9(6)14)12-4-2-3-7(11)10(15)16/h5-7,12H,2-4,11H2,1H3,(H,13,14)(H,15,16)/t6?,7-/m0/s1. The molecule has 0 bridgehead atoms. The molecule has 5 N–H and O–H groups in total. The number of carboxylic acid groups (broad SMARTS) is 1. The number of rotatable bonds is 6. The first kappa shape index (κ1) is 12.5. The van der Waals surface area contributed by atoms with Crippen molar-refractivity contribution in [2.45, 2.75) is 25.8 Å². The Labute approximate surface area is 93.9 Å². The predicted molar refractivity (Wildman–Crippen MR) is 58.2 cm³/mol. The van der Waals surface area contributed by atoms with E-state index in [-0.39, 0.29) is 11.8 Å². The van der Waals surface area contributed by atoms with Gasteiger partial charge >= 0.3 is 5.97 Å². The number of hydrogen-bond donors (Lipinski definition) is 4. The molecule has 16 heavy (non-hydrogen) atoms. The van der Waals surface area contributed by atoms with Crippen LogP contribution >= 0.6 is 0 Å². The molecule has 1 unspecified atom stereocenters. The van der Waals surface area contributed by atoms with Crippen LogP contribution in [-0.2, 0) is 9.59 Å². The van der Waals surface area contributed by atoms with E-state index in [1.165, 1.54) is 0 Å². The molecule has 0 aromatic heterocycles. The van der Waals surface area contributed by atoms with Crippen LogP contribution in [0.5, 0.6) is 0 Å². The molecular weight excluding hydrogens is 210 g/mol. The number of amides is 1. The highest BCUT2D eigenvalue weighted by molar-refractivity contribution is 5.84. The summed E-state index contributed by atoms with van der Waals surface area (Å²) in [5.41, 5.74) is 5.34. The topological polar surface area (TPSA) is 104 Å². The molecule has 0 spiro atoms. The summed E-state index contributed by atoms with van der Waals surface area (Å²) in [7, 11) is 0. The molecule has 0 saturated heterocycles. The van der Waals surface area contributed by atoms with Crippen molar-refractivity contribution >= 4 is 11.9 Å². The van der Waals surface area contributed by atoms with E-state index in [4.69, 9.17) is 10.8 Å². The SMILES string of the molecule is CC1C=C(NCCC[C@H](N)C(=O)O)NC1=O. The zero-order valence-corrected chi connectivity index (χ0v) is 9.19. The van der Waals surface area contributed by atoms with Gasteiger partial charge in [-0.25, -0.2) is 0 Å². The second-order valence-corrected chi connectivity index (χ2v) is 3.87. The van der Waals surface area contributed by atoms with E-state index < -0.39 is 12.0 Å². The molecule has 1 aliphatic rings. The zero-order valence-electron chi connectivity index (χ0n) is 9.19. The van der Waals surface area contributed by atoms with Gasteiger partial charge < -0.3 is 21.5 Å². The first-order valence-electron chi connectivity index (χ1n) is 5.25. The molecule has 0 aromatic carbocycles. The molecule has 6 nitrogen and oxygen atoms in total. The molecule has 0 saturated carbocycles. The molecular formula is C10H17N3O3. The second-order valence-electron chi connectivity index (χ2n) is 3.87. The van der Waals surface area contributed by atoms with Gasteiger partial charge in [0.1, 0.15) is 11.9 Å². The molecule has 1 aliphatic heterocycles. The molecule has 6 heteroatoms. The van der Waals surface area contributed by atoms with E-state index in [0.29, 0.717) is 25.2 Å². The molecule has 0 aromatic rings. The van der Waals surface area contributed by atoms with E-state index in [1.807, 2.05) is 6.92 Å². The normalized spacial score (nSPS) is 21.2. The fraction of sp³-hybridized carbons (Fsp3) is 0.600. The lowest BCUT2D eigenvalue weighted by Gasteiger charge is -2.09. The minimum Gasteiger partial charge on any atom is -0.480 e. The lowest BCUT2D eigenvalue weighted by Crippen LogP contribution is -2.32. The first-order chi connectivity index (χ1) is 7.50. The number of carbonyl (C=O) groups excluding carboxylic acids is 1. The van der Waals surface area contributed by atoms with Gasteiger partial charge in [-0.2, -0.15) is 0 Å². The molecule has 1 amide bonds. The van der Waals surface area contributed by atoms with Crippen LogP contribution in [0.2, 0.25) is 0 Å². The average Bonchev–Trinajstić information content (AvgIpc) is 2.53. The summed E-state index contributed by atoms with van der Waals surface area (Å²) in [6.07, 6.45) is 2.87. The van der Waals surface area contributed by atoms with E-state index in [2.05, 4.69) is 10.6 Å². The lowest BCUT2D eigenvalue weighted by molar-refractivity contribution is -0.138. The number of carbonyl (C=O) groups is 2. The van der Waals surface area contributed by atoms with E-state index in [1.54, 1.807) is 6.08 Å². The smallest absolute Gasteiger partial charge is 0.320 e. The van der Waals surface area contributed by atoms with E-state index in [0.717, 1.165) is 0 Å². The average molecular weight is 227 g/mol. The fourth-order valence-electron chi connectivity index (χ4n) is 1.39. The minimum atomic E-state index is -0.984. The Kier molecular flexibility index (Phi) is 4.30. The second kappa shape index (κ2) is 5.50. The summed E-state index contributed by atoms with van der Waals surface area (Å²) < 4.78 is 0. The Balaban J connectivity index is 2.15. The van der Waals surface area contributed by atoms with Gasteiger partial charge in [0, 0.05) is 6.54 Å². The van der Waals surface area contributed by atoms with Crippen molar-refractivity contribution in [3.8, 4) is 0 Å². The number of aliphatic carboxylic acids is 1.